The van der Waals surface area contributed by atoms with Crippen molar-refractivity contribution in [2.24, 2.45) is 0 Å². The lowest BCUT2D eigenvalue weighted by Crippen LogP contribution is -2.29. The molecule has 266 valence electrons. The summed E-state index contributed by atoms with van der Waals surface area (Å²) in [6.45, 7) is 3.26. The third-order valence-electron chi connectivity index (χ3n) is 8.81. The Kier molecular flexibility index (Phi) is 11.4. The predicted octanol–water partition coefficient (Wildman–Crippen LogP) is 9.43. The molecule has 0 aliphatic carbocycles. The fourth-order valence-corrected chi connectivity index (χ4v) is 6.93. The highest BCUT2D eigenvalue weighted by atomic mass is 32.2. The van der Waals surface area contributed by atoms with Crippen LogP contribution in [0.25, 0.3) is 11.3 Å². The maximum Gasteiger partial charge on any atom is 0.416 e. The van der Waals surface area contributed by atoms with Crippen LogP contribution >= 0.6 is 11.8 Å². The van der Waals surface area contributed by atoms with Gasteiger partial charge in [-0.3, -0.25) is 19.4 Å². The van der Waals surface area contributed by atoms with Crippen molar-refractivity contribution in [1.29, 1.82) is 0 Å². The number of pyridine rings is 1. The highest BCUT2D eigenvalue weighted by Crippen LogP contribution is 2.34. The molecule has 1 aromatic heterocycles. The zero-order valence-electron chi connectivity index (χ0n) is 28.5. The summed E-state index contributed by atoms with van der Waals surface area (Å²) in [6.07, 6.45) is 0.331. The molecule has 0 spiro atoms. The van der Waals surface area contributed by atoms with E-state index in [9.17, 15) is 27.6 Å². The minimum absolute atomic E-state index is 0.00340. The Bertz CT molecular complexity index is 2100. The van der Waals surface area contributed by atoms with Gasteiger partial charge in [0.1, 0.15) is 0 Å². The second-order valence-electron chi connectivity index (χ2n) is 12.6. The van der Waals surface area contributed by atoms with Gasteiger partial charge in [-0.25, -0.2) is 0 Å². The zero-order chi connectivity index (χ0) is 36.7. The molecule has 6 rings (SSSR count). The summed E-state index contributed by atoms with van der Waals surface area (Å²) in [4.78, 5) is 46.5. The first-order valence-corrected chi connectivity index (χ1v) is 18.0. The number of benzene rings is 4. The lowest BCUT2D eigenvalue weighted by molar-refractivity contribution is -0.137. The van der Waals surface area contributed by atoms with Crippen LogP contribution in [0, 0.1) is 0 Å². The summed E-state index contributed by atoms with van der Waals surface area (Å²) in [5, 5.41) is 5.76. The molecular weight excluding hydrogens is 686 g/mol. The number of piperidine rings is 1. The van der Waals surface area contributed by atoms with E-state index in [0.29, 0.717) is 39.4 Å². The molecule has 0 unspecified atom stereocenters. The second kappa shape index (κ2) is 16.3. The van der Waals surface area contributed by atoms with Crippen molar-refractivity contribution >= 4 is 40.7 Å². The first-order valence-electron chi connectivity index (χ1n) is 17.0. The minimum atomic E-state index is -4.48. The number of hydrogen-bond acceptors (Lipinski definition) is 6. The molecule has 11 heteroatoms. The molecule has 0 atom stereocenters. The number of amides is 2. The number of nitrogens with one attached hydrogen (secondary N) is 2. The normalized spacial score (nSPS) is 13.0. The highest BCUT2D eigenvalue weighted by molar-refractivity contribution is 7.98. The van der Waals surface area contributed by atoms with Crippen LogP contribution in [0.5, 0.6) is 0 Å². The number of Topliss-reactive ketones (excluding diaryl/α,β-unsaturated/α-hetero) is 1. The number of aromatic nitrogens is 1. The van der Waals surface area contributed by atoms with Gasteiger partial charge in [-0.15, -0.1) is 11.8 Å². The van der Waals surface area contributed by atoms with E-state index in [-0.39, 0.29) is 23.8 Å². The molecular formula is C41H37F3N4O3S. The number of carbonyl (C=O) groups excluding carboxylic acids is 3. The molecule has 0 radical (unpaired) electrons. The molecule has 1 saturated heterocycles. The van der Waals surface area contributed by atoms with E-state index in [2.05, 4.69) is 20.5 Å². The Balaban J connectivity index is 1.22. The Morgan fingerprint density at radius 3 is 2.29 bits per heavy atom. The summed E-state index contributed by atoms with van der Waals surface area (Å²) >= 11 is 1.58. The Hall–Kier alpha value is -5.42. The van der Waals surface area contributed by atoms with Crippen LogP contribution in [-0.4, -0.2) is 35.7 Å². The molecule has 2 amide bonds. The third kappa shape index (κ3) is 9.27. The lowest BCUT2D eigenvalue weighted by atomic mass is 10.0. The van der Waals surface area contributed by atoms with E-state index < -0.39 is 17.6 Å². The lowest BCUT2D eigenvalue weighted by Gasteiger charge is -2.29. The van der Waals surface area contributed by atoms with Crippen LogP contribution in [-0.2, 0) is 18.5 Å². The van der Waals surface area contributed by atoms with Gasteiger partial charge in [0.2, 0.25) is 0 Å². The number of anilines is 2. The largest absolute Gasteiger partial charge is 0.416 e. The first kappa shape index (κ1) is 36.4. The molecule has 4 aromatic carbocycles. The maximum atomic E-state index is 13.7. The predicted molar refractivity (Wildman–Crippen MR) is 199 cm³/mol. The van der Waals surface area contributed by atoms with Crippen molar-refractivity contribution in [1.82, 2.24) is 10.3 Å². The first-order chi connectivity index (χ1) is 25.0. The SMILES string of the molecule is CC(=O)c1cccc(SCc2cccc(C(=O)Nc3ccc(N4CCCCC4)cc3-c3cc(C(=O)NCc4cccc(C(F)(F)F)c4)ccn3)c2)c1. The van der Waals surface area contributed by atoms with Gasteiger partial charge in [0.25, 0.3) is 11.8 Å². The number of thioether (sulfide) groups is 1. The molecule has 2 heterocycles. The van der Waals surface area contributed by atoms with E-state index >= 15 is 0 Å². The summed E-state index contributed by atoms with van der Waals surface area (Å²) in [5.41, 5.74) is 4.45. The molecule has 1 fully saturated rings. The van der Waals surface area contributed by atoms with Crippen molar-refractivity contribution < 1.29 is 27.6 Å². The van der Waals surface area contributed by atoms with E-state index in [1.54, 1.807) is 30.0 Å². The molecule has 0 saturated carbocycles. The van der Waals surface area contributed by atoms with Crippen LogP contribution < -0.4 is 15.5 Å². The standard InChI is InChI=1S/C41H37F3N4O3S/c1-27(49)30-10-7-13-35(22-30)52-26-29-9-5-11-31(20-29)40(51)47-37-15-14-34(48-18-3-2-4-19-48)24-36(37)38-23-32(16-17-45-38)39(50)46-25-28-8-6-12-33(21-28)41(42,43)44/h5-17,20-24H,2-4,18-19,25-26H2,1H3,(H,46,50)(H,47,51). The van der Waals surface area contributed by atoms with Crippen LogP contribution in [0.2, 0.25) is 0 Å². The van der Waals surface area contributed by atoms with Gasteiger partial charge in [-0.1, -0.05) is 36.4 Å². The van der Waals surface area contributed by atoms with E-state index in [1.807, 2.05) is 54.6 Å². The average Bonchev–Trinajstić information content (AvgIpc) is 3.16. The molecule has 1 aliphatic rings. The number of ketones is 1. The van der Waals surface area contributed by atoms with Crippen LogP contribution in [0.3, 0.4) is 0 Å². The Labute approximate surface area is 304 Å². The van der Waals surface area contributed by atoms with Crippen molar-refractivity contribution in [3.8, 4) is 11.3 Å². The monoisotopic (exact) mass is 722 g/mol. The van der Waals surface area contributed by atoms with Gasteiger partial charge in [-0.05, 0) is 104 Å². The second-order valence-corrected chi connectivity index (χ2v) is 13.7. The van der Waals surface area contributed by atoms with E-state index in [4.69, 9.17) is 0 Å². The maximum absolute atomic E-state index is 13.7. The average molecular weight is 723 g/mol. The number of rotatable bonds is 11. The van der Waals surface area contributed by atoms with Crippen molar-refractivity contribution in [2.45, 2.75) is 49.6 Å². The van der Waals surface area contributed by atoms with Gasteiger partial charge in [0.05, 0.1) is 16.9 Å². The van der Waals surface area contributed by atoms with Gasteiger partial charge < -0.3 is 15.5 Å². The van der Waals surface area contributed by atoms with Gasteiger partial charge in [-0.2, -0.15) is 13.2 Å². The molecule has 7 nitrogen and oxygen atoms in total. The number of alkyl halides is 3. The quantitative estimate of drug-likeness (QED) is 0.104. The molecule has 5 aromatic rings. The number of carbonyl (C=O) groups is 3. The van der Waals surface area contributed by atoms with Crippen molar-refractivity contribution in [3.63, 3.8) is 0 Å². The van der Waals surface area contributed by atoms with Crippen LogP contribution in [0.15, 0.2) is 114 Å². The third-order valence-corrected chi connectivity index (χ3v) is 9.88. The fraction of sp³-hybridized carbons (Fsp3) is 0.220. The number of nitrogens with zero attached hydrogens (tertiary/aromatic N) is 2. The molecule has 2 N–H and O–H groups in total. The topological polar surface area (TPSA) is 91.4 Å². The molecule has 52 heavy (non-hydrogen) atoms. The zero-order valence-corrected chi connectivity index (χ0v) is 29.3. The van der Waals surface area contributed by atoms with Gasteiger partial charge in [0.15, 0.2) is 5.78 Å². The van der Waals surface area contributed by atoms with Gasteiger partial charge in [0, 0.05) is 64.4 Å². The fourth-order valence-electron chi connectivity index (χ4n) is 6.03. The van der Waals surface area contributed by atoms with Crippen LogP contribution in [0.4, 0.5) is 24.5 Å². The minimum Gasteiger partial charge on any atom is -0.372 e. The number of hydrogen-bond donors (Lipinski definition) is 2. The van der Waals surface area contributed by atoms with Crippen molar-refractivity contribution in [2.75, 3.05) is 23.3 Å². The van der Waals surface area contributed by atoms with Crippen LogP contribution in [0.1, 0.15) is 74.0 Å². The summed E-state index contributed by atoms with van der Waals surface area (Å²) in [7, 11) is 0. The summed E-state index contributed by atoms with van der Waals surface area (Å²) in [6, 6.07) is 28.6. The summed E-state index contributed by atoms with van der Waals surface area (Å²) in [5.74, 6) is -0.178. The summed E-state index contributed by atoms with van der Waals surface area (Å²) < 4.78 is 39.6. The number of halogens is 3. The van der Waals surface area contributed by atoms with E-state index in [0.717, 1.165) is 54.2 Å². The smallest absolute Gasteiger partial charge is 0.372 e. The van der Waals surface area contributed by atoms with E-state index in [1.165, 1.54) is 37.7 Å². The van der Waals surface area contributed by atoms with Crippen molar-refractivity contribution in [3.05, 3.63) is 143 Å². The molecule has 0 bridgehead atoms. The highest BCUT2D eigenvalue weighted by Gasteiger charge is 2.30. The Morgan fingerprint density at radius 1 is 0.769 bits per heavy atom. The Morgan fingerprint density at radius 2 is 1.50 bits per heavy atom. The molecule has 1 aliphatic heterocycles. The van der Waals surface area contributed by atoms with Gasteiger partial charge >= 0.3 is 6.18 Å².